The lowest BCUT2D eigenvalue weighted by molar-refractivity contribution is -0.120. The summed E-state index contributed by atoms with van der Waals surface area (Å²) in [5, 5.41) is 6.47. The molecular weight excluding hydrogens is 276 g/mol. The lowest BCUT2D eigenvalue weighted by Crippen LogP contribution is -2.40. The molecule has 1 saturated carbocycles. The second-order valence-corrected chi connectivity index (χ2v) is 6.59. The van der Waals surface area contributed by atoms with Gasteiger partial charge in [-0.1, -0.05) is 12.1 Å². The fraction of sp³-hybridized carbons (Fsp3) is 0.611. The van der Waals surface area contributed by atoms with Crippen LogP contribution in [0, 0.1) is 5.92 Å². The monoisotopic (exact) mass is 302 g/mol. The van der Waals surface area contributed by atoms with E-state index in [2.05, 4.69) is 17.6 Å². The SMILES string of the molecule is C[C@H]1C[C@@H](C(=O)Nc2ccccc2OC2CCCC2)CCN1. The number of nitrogens with one attached hydrogen (secondary N) is 2. The molecule has 2 aliphatic rings. The normalized spacial score (nSPS) is 25.9. The highest BCUT2D eigenvalue weighted by Crippen LogP contribution is 2.30. The number of carbonyl (C=O) groups is 1. The fourth-order valence-electron chi connectivity index (χ4n) is 3.46. The van der Waals surface area contributed by atoms with Crippen LogP contribution >= 0.6 is 0 Å². The molecule has 22 heavy (non-hydrogen) atoms. The van der Waals surface area contributed by atoms with Crippen LogP contribution in [0.15, 0.2) is 24.3 Å². The number of ether oxygens (including phenoxy) is 1. The van der Waals surface area contributed by atoms with Gasteiger partial charge in [-0.3, -0.25) is 4.79 Å². The number of anilines is 1. The minimum absolute atomic E-state index is 0.0933. The minimum atomic E-state index is 0.0933. The molecule has 1 aromatic rings. The molecule has 0 radical (unpaired) electrons. The summed E-state index contributed by atoms with van der Waals surface area (Å²) in [6.45, 7) is 3.05. The van der Waals surface area contributed by atoms with Crippen molar-refractivity contribution in [2.75, 3.05) is 11.9 Å². The first kappa shape index (κ1) is 15.3. The smallest absolute Gasteiger partial charge is 0.227 e. The van der Waals surface area contributed by atoms with E-state index >= 15 is 0 Å². The van der Waals surface area contributed by atoms with Crippen molar-refractivity contribution in [3.63, 3.8) is 0 Å². The van der Waals surface area contributed by atoms with Crippen molar-refractivity contribution in [3.8, 4) is 5.75 Å². The van der Waals surface area contributed by atoms with E-state index in [1.807, 2.05) is 24.3 Å². The molecule has 1 aromatic carbocycles. The van der Waals surface area contributed by atoms with Crippen molar-refractivity contribution in [1.29, 1.82) is 0 Å². The molecule has 1 amide bonds. The van der Waals surface area contributed by atoms with Gasteiger partial charge in [-0.15, -0.1) is 0 Å². The van der Waals surface area contributed by atoms with Crippen LogP contribution in [0.4, 0.5) is 5.69 Å². The van der Waals surface area contributed by atoms with E-state index < -0.39 is 0 Å². The largest absolute Gasteiger partial charge is 0.488 e. The van der Waals surface area contributed by atoms with Crippen molar-refractivity contribution in [3.05, 3.63) is 24.3 Å². The molecule has 4 heteroatoms. The van der Waals surface area contributed by atoms with E-state index in [4.69, 9.17) is 4.74 Å². The number of rotatable bonds is 4. The van der Waals surface area contributed by atoms with Gasteiger partial charge in [-0.05, 0) is 64.1 Å². The van der Waals surface area contributed by atoms with Crippen LogP contribution in [0.5, 0.6) is 5.75 Å². The Morgan fingerprint density at radius 1 is 1.23 bits per heavy atom. The van der Waals surface area contributed by atoms with E-state index in [-0.39, 0.29) is 11.8 Å². The van der Waals surface area contributed by atoms with Crippen LogP contribution < -0.4 is 15.4 Å². The number of para-hydroxylation sites is 2. The fourth-order valence-corrected chi connectivity index (χ4v) is 3.46. The molecule has 4 nitrogen and oxygen atoms in total. The van der Waals surface area contributed by atoms with Gasteiger partial charge in [0.05, 0.1) is 11.8 Å². The zero-order valence-corrected chi connectivity index (χ0v) is 13.3. The van der Waals surface area contributed by atoms with Gasteiger partial charge >= 0.3 is 0 Å². The highest BCUT2D eigenvalue weighted by atomic mass is 16.5. The second-order valence-electron chi connectivity index (χ2n) is 6.59. The summed E-state index contributed by atoms with van der Waals surface area (Å²) in [5.74, 6) is 1.02. The van der Waals surface area contributed by atoms with Crippen LogP contribution in [0.2, 0.25) is 0 Å². The molecular formula is C18H26N2O2. The number of carbonyl (C=O) groups excluding carboxylic acids is 1. The Labute approximate surface area is 132 Å². The third-order valence-electron chi connectivity index (χ3n) is 4.74. The average molecular weight is 302 g/mol. The standard InChI is InChI=1S/C18H26N2O2/c1-13-12-14(10-11-19-13)18(21)20-16-8-4-5-9-17(16)22-15-6-2-3-7-15/h4-5,8-9,13-15,19H,2-3,6-7,10-12H2,1H3,(H,20,21)/t13-,14-/m0/s1. The van der Waals surface area contributed by atoms with E-state index in [0.29, 0.717) is 12.1 Å². The molecule has 0 bridgehead atoms. The van der Waals surface area contributed by atoms with Crippen LogP contribution in [0.3, 0.4) is 0 Å². The predicted octanol–water partition coefficient (Wildman–Crippen LogP) is 3.33. The first-order valence-corrected chi connectivity index (χ1v) is 8.52. The summed E-state index contributed by atoms with van der Waals surface area (Å²) in [6, 6.07) is 8.22. The average Bonchev–Trinajstić information content (AvgIpc) is 3.02. The van der Waals surface area contributed by atoms with Crippen molar-refractivity contribution >= 4 is 11.6 Å². The van der Waals surface area contributed by atoms with Gasteiger partial charge in [0.1, 0.15) is 5.75 Å². The maximum Gasteiger partial charge on any atom is 0.227 e. The van der Waals surface area contributed by atoms with Crippen LogP contribution in [-0.4, -0.2) is 24.6 Å². The zero-order chi connectivity index (χ0) is 15.4. The van der Waals surface area contributed by atoms with Gasteiger partial charge < -0.3 is 15.4 Å². The summed E-state index contributed by atoms with van der Waals surface area (Å²) in [4.78, 5) is 12.5. The van der Waals surface area contributed by atoms with E-state index in [0.717, 1.165) is 43.7 Å². The lowest BCUT2D eigenvalue weighted by Gasteiger charge is -2.27. The van der Waals surface area contributed by atoms with Crippen molar-refractivity contribution in [2.24, 2.45) is 5.92 Å². The second kappa shape index (κ2) is 7.14. The highest BCUT2D eigenvalue weighted by molar-refractivity contribution is 5.94. The third-order valence-corrected chi connectivity index (χ3v) is 4.74. The Morgan fingerprint density at radius 3 is 2.77 bits per heavy atom. The minimum Gasteiger partial charge on any atom is -0.488 e. The van der Waals surface area contributed by atoms with Gasteiger partial charge in [0.2, 0.25) is 5.91 Å². The molecule has 2 N–H and O–H groups in total. The summed E-state index contributed by atoms with van der Waals surface area (Å²) >= 11 is 0. The summed E-state index contributed by atoms with van der Waals surface area (Å²) in [7, 11) is 0. The van der Waals surface area contributed by atoms with Crippen molar-refractivity contribution in [1.82, 2.24) is 5.32 Å². The molecule has 1 aliphatic heterocycles. The molecule has 0 aromatic heterocycles. The maximum absolute atomic E-state index is 12.5. The molecule has 2 fully saturated rings. The Morgan fingerprint density at radius 2 is 2.00 bits per heavy atom. The first-order valence-electron chi connectivity index (χ1n) is 8.52. The summed E-state index contributed by atoms with van der Waals surface area (Å²) < 4.78 is 6.09. The van der Waals surface area contributed by atoms with Crippen LogP contribution in [0.25, 0.3) is 0 Å². The molecule has 3 rings (SSSR count). The molecule has 0 unspecified atom stereocenters. The van der Waals surface area contributed by atoms with E-state index in [1.165, 1.54) is 12.8 Å². The molecule has 1 saturated heterocycles. The molecule has 1 heterocycles. The zero-order valence-electron chi connectivity index (χ0n) is 13.3. The highest BCUT2D eigenvalue weighted by Gasteiger charge is 2.25. The van der Waals surface area contributed by atoms with E-state index in [9.17, 15) is 4.79 Å². The number of piperidine rings is 1. The van der Waals surface area contributed by atoms with Crippen molar-refractivity contribution < 1.29 is 9.53 Å². The number of hydrogen-bond acceptors (Lipinski definition) is 3. The van der Waals surface area contributed by atoms with E-state index in [1.54, 1.807) is 0 Å². The first-order chi connectivity index (χ1) is 10.7. The number of hydrogen-bond donors (Lipinski definition) is 2. The third kappa shape index (κ3) is 3.80. The van der Waals surface area contributed by atoms with Gasteiger partial charge in [0.25, 0.3) is 0 Å². The summed E-state index contributed by atoms with van der Waals surface area (Å²) in [5.41, 5.74) is 0.811. The molecule has 2 atom stereocenters. The summed E-state index contributed by atoms with van der Waals surface area (Å²) in [6.07, 6.45) is 6.83. The van der Waals surface area contributed by atoms with Gasteiger partial charge in [0, 0.05) is 12.0 Å². The lowest BCUT2D eigenvalue weighted by atomic mass is 9.92. The number of benzene rings is 1. The Balaban J connectivity index is 1.64. The van der Waals surface area contributed by atoms with Crippen LogP contribution in [0.1, 0.15) is 45.4 Å². The van der Waals surface area contributed by atoms with Gasteiger partial charge in [-0.2, -0.15) is 0 Å². The maximum atomic E-state index is 12.5. The molecule has 1 aliphatic carbocycles. The number of amides is 1. The predicted molar refractivity (Wildman–Crippen MR) is 88.1 cm³/mol. The Hall–Kier alpha value is -1.55. The van der Waals surface area contributed by atoms with Gasteiger partial charge in [-0.25, -0.2) is 0 Å². The van der Waals surface area contributed by atoms with Gasteiger partial charge in [0.15, 0.2) is 0 Å². The molecule has 120 valence electrons. The molecule has 0 spiro atoms. The van der Waals surface area contributed by atoms with Crippen molar-refractivity contribution in [2.45, 2.75) is 57.6 Å². The van der Waals surface area contributed by atoms with Crippen LogP contribution in [-0.2, 0) is 4.79 Å². The Kier molecular flexibility index (Phi) is 4.98. The quantitative estimate of drug-likeness (QED) is 0.897. The Bertz CT molecular complexity index is 512. The topological polar surface area (TPSA) is 50.4 Å².